The van der Waals surface area contributed by atoms with E-state index in [1.807, 2.05) is 19.1 Å². The number of hydrogen-bond donors (Lipinski definition) is 1. The van der Waals surface area contributed by atoms with Crippen LogP contribution in [0.15, 0.2) is 33.4 Å². The monoisotopic (exact) mass is 243 g/mol. The normalized spacial score (nSPS) is 12.8. The van der Waals surface area contributed by atoms with Crippen LogP contribution in [0.3, 0.4) is 0 Å². The van der Waals surface area contributed by atoms with Gasteiger partial charge in [0.25, 0.3) is 0 Å². The van der Waals surface area contributed by atoms with E-state index in [-0.39, 0.29) is 6.04 Å². The highest BCUT2D eigenvalue weighted by Gasteiger charge is 2.09. The van der Waals surface area contributed by atoms with Gasteiger partial charge in [0, 0.05) is 0 Å². The second kappa shape index (κ2) is 4.63. The van der Waals surface area contributed by atoms with Gasteiger partial charge in [0.15, 0.2) is 4.67 Å². The van der Waals surface area contributed by atoms with E-state index in [0.29, 0.717) is 0 Å². The summed E-state index contributed by atoms with van der Waals surface area (Å²) in [7, 11) is 0. The molecule has 0 bridgehead atoms. The molecule has 1 aromatic heterocycles. The number of furan rings is 1. The molecule has 0 aliphatic rings. The minimum absolute atomic E-state index is 0.0250. The fourth-order valence-electron chi connectivity index (χ4n) is 1.07. The molecule has 2 N–H and O–H groups in total. The molecule has 0 aliphatic carbocycles. The second-order valence-electron chi connectivity index (χ2n) is 3.24. The molecular formula is C10H14BrNO. The van der Waals surface area contributed by atoms with Crippen LogP contribution in [0.2, 0.25) is 0 Å². The minimum Gasteiger partial charge on any atom is -0.453 e. The van der Waals surface area contributed by atoms with Crippen molar-refractivity contribution in [2.75, 3.05) is 0 Å². The molecular weight excluding hydrogens is 230 g/mol. The lowest BCUT2D eigenvalue weighted by molar-refractivity contribution is 0.437. The summed E-state index contributed by atoms with van der Waals surface area (Å²) in [6, 6.07) is 3.73. The maximum atomic E-state index is 5.90. The van der Waals surface area contributed by atoms with Crippen molar-refractivity contribution in [3.63, 3.8) is 0 Å². The third kappa shape index (κ3) is 3.36. The zero-order valence-corrected chi connectivity index (χ0v) is 9.30. The molecule has 1 unspecified atom stereocenters. The lowest BCUT2D eigenvalue weighted by Crippen LogP contribution is -2.08. The van der Waals surface area contributed by atoms with E-state index in [9.17, 15) is 0 Å². The van der Waals surface area contributed by atoms with Gasteiger partial charge in [-0.25, -0.2) is 0 Å². The highest BCUT2D eigenvalue weighted by Crippen LogP contribution is 2.22. The lowest BCUT2D eigenvalue weighted by Gasteiger charge is -2.07. The molecule has 3 heteroatoms. The third-order valence-electron chi connectivity index (χ3n) is 1.84. The number of allylic oxidation sites excluding steroid dienone is 1. The van der Waals surface area contributed by atoms with E-state index < -0.39 is 0 Å². The first-order chi connectivity index (χ1) is 6.09. The Hall–Kier alpha value is -0.540. The first kappa shape index (κ1) is 10.5. The lowest BCUT2D eigenvalue weighted by atomic mass is 10.1. The van der Waals surface area contributed by atoms with E-state index in [2.05, 4.69) is 22.5 Å². The van der Waals surface area contributed by atoms with Crippen molar-refractivity contribution >= 4 is 15.9 Å². The second-order valence-corrected chi connectivity index (χ2v) is 4.03. The van der Waals surface area contributed by atoms with Gasteiger partial charge in [-0.3, -0.25) is 0 Å². The molecule has 2 nitrogen and oxygen atoms in total. The third-order valence-corrected chi connectivity index (χ3v) is 2.27. The van der Waals surface area contributed by atoms with Crippen molar-refractivity contribution in [3.05, 3.63) is 34.7 Å². The SMILES string of the molecule is C=C(C)CCC(N)c1ccc(Br)o1. The van der Waals surface area contributed by atoms with Crippen LogP contribution in [0.5, 0.6) is 0 Å². The molecule has 0 aliphatic heterocycles. The van der Waals surface area contributed by atoms with E-state index in [4.69, 9.17) is 10.2 Å². The Labute approximate surface area is 86.9 Å². The zero-order chi connectivity index (χ0) is 9.84. The van der Waals surface area contributed by atoms with Crippen molar-refractivity contribution in [3.8, 4) is 0 Å². The fraction of sp³-hybridized carbons (Fsp3) is 0.400. The highest BCUT2D eigenvalue weighted by atomic mass is 79.9. The average Bonchev–Trinajstić information content (AvgIpc) is 2.47. The van der Waals surface area contributed by atoms with Crippen LogP contribution in [0.1, 0.15) is 31.6 Å². The summed E-state index contributed by atoms with van der Waals surface area (Å²) in [6.07, 6.45) is 1.83. The van der Waals surface area contributed by atoms with E-state index in [0.717, 1.165) is 28.8 Å². The first-order valence-corrected chi connectivity index (χ1v) is 5.04. The van der Waals surface area contributed by atoms with E-state index in [1.165, 1.54) is 0 Å². The molecule has 1 rings (SSSR count). The van der Waals surface area contributed by atoms with Crippen LogP contribution in [0.4, 0.5) is 0 Å². The van der Waals surface area contributed by atoms with Crippen LogP contribution in [0, 0.1) is 0 Å². The number of nitrogens with two attached hydrogens (primary N) is 1. The minimum atomic E-state index is -0.0250. The standard InChI is InChI=1S/C10H14BrNO/c1-7(2)3-4-8(12)9-5-6-10(11)13-9/h5-6,8H,1,3-4,12H2,2H3. The zero-order valence-electron chi connectivity index (χ0n) is 7.72. The summed E-state index contributed by atoms with van der Waals surface area (Å²) in [4.78, 5) is 0. The van der Waals surface area contributed by atoms with Crippen molar-refractivity contribution in [1.82, 2.24) is 0 Å². The van der Waals surface area contributed by atoms with Gasteiger partial charge in [-0.15, -0.1) is 6.58 Å². The van der Waals surface area contributed by atoms with Gasteiger partial charge in [-0.05, 0) is 47.8 Å². The predicted octanol–water partition coefficient (Wildman–Crippen LogP) is 3.40. The van der Waals surface area contributed by atoms with Gasteiger partial charge in [-0.2, -0.15) is 0 Å². The van der Waals surface area contributed by atoms with Gasteiger partial charge >= 0.3 is 0 Å². The van der Waals surface area contributed by atoms with Crippen LogP contribution in [-0.4, -0.2) is 0 Å². The molecule has 1 atom stereocenters. The first-order valence-electron chi connectivity index (χ1n) is 4.25. The Kier molecular flexibility index (Phi) is 3.75. The summed E-state index contributed by atoms with van der Waals surface area (Å²) >= 11 is 3.24. The van der Waals surface area contributed by atoms with Crippen molar-refractivity contribution in [2.45, 2.75) is 25.8 Å². The average molecular weight is 244 g/mol. The Morgan fingerprint density at radius 3 is 2.85 bits per heavy atom. The van der Waals surface area contributed by atoms with E-state index >= 15 is 0 Å². The topological polar surface area (TPSA) is 39.2 Å². The number of rotatable bonds is 4. The Balaban J connectivity index is 2.48. The summed E-state index contributed by atoms with van der Waals surface area (Å²) in [5.74, 6) is 0.827. The Morgan fingerprint density at radius 1 is 1.69 bits per heavy atom. The van der Waals surface area contributed by atoms with Crippen molar-refractivity contribution < 1.29 is 4.42 Å². The van der Waals surface area contributed by atoms with E-state index in [1.54, 1.807) is 0 Å². The maximum Gasteiger partial charge on any atom is 0.169 e. The smallest absolute Gasteiger partial charge is 0.169 e. The molecule has 1 heterocycles. The van der Waals surface area contributed by atoms with Gasteiger partial charge in [-0.1, -0.05) is 5.57 Å². The molecule has 0 saturated carbocycles. The summed E-state index contributed by atoms with van der Waals surface area (Å²) in [6.45, 7) is 5.84. The van der Waals surface area contributed by atoms with Gasteiger partial charge in [0.1, 0.15) is 5.76 Å². The predicted molar refractivity (Wildman–Crippen MR) is 57.4 cm³/mol. The summed E-state index contributed by atoms with van der Waals surface area (Å²) < 4.78 is 6.07. The number of hydrogen-bond acceptors (Lipinski definition) is 2. The van der Waals surface area contributed by atoms with Crippen LogP contribution in [-0.2, 0) is 0 Å². The molecule has 72 valence electrons. The quantitative estimate of drug-likeness (QED) is 0.824. The van der Waals surface area contributed by atoms with Crippen LogP contribution < -0.4 is 5.73 Å². The molecule has 13 heavy (non-hydrogen) atoms. The molecule has 0 radical (unpaired) electrons. The van der Waals surface area contributed by atoms with Gasteiger partial charge in [0.05, 0.1) is 6.04 Å². The van der Waals surface area contributed by atoms with Crippen molar-refractivity contribution in [1.29, 1.82) is 0 Å². The Bertz CT molecular complexity index is 293. The molecule has 0 aromatic carbocycles. The largest absolute Gasteiger partial charge is 0.453 e. The molecule has 0 spiro atoms. The molecule has 1 aromatic rings. The molecule has 0 amide bonds. The highest BCUT2D eigenvalue weighted by molar-refractivity contribution is 9.10. The van der Waals surface area contributed by atoms with Crippen LogP contribution >= 0.6 is 15.9 Å². The number of halogens is 1. The van der Waals surface area contributed by atoms with Gasteiger partial charge in [0.2, 0.25) is 0 Å². The maximum absolute atomic E-state index is 5.90. The molecule has 0 fully saturated rings. The fourth-order valence-corrected chi connectivity index (χ4v) is 1.39. The van der Waals surface area contributed by atoms with Gasteiger partial charge < -0.3 is 10.2 Å². The van der Waals surface area contributed by atoms with Crippen molar-refractivity contribution in [2.24, 2.45) is 5.73 Å². The summed E-state index contributed by atoms with van der Waals surface area (Å²) in [5.41, 5.74) is 7.05. The van der Waals surface area contributed by atoms with Crippen LogP contribution in [0.25, 0.3) is 0 Å². The molecule has 0 saturated heterocycles. The Morgan fingerprint density at radius 2 is 2.38 bits per heavy atom. The summed E-state index contributed by atoms with van der Waals surface area (Å²) in [5, 5.41) is 0.